The molecule has 2 heterocycles. The number of likely N-dealkylation sites (N-methyl/N-ethyl adjacent to an activating group) is 1. The summed E-state index contributed by atoms with van der Waals surface area (Å²) in [5.74, 6) is 1.01. The highest BCUT2D eigenvalue weighted by Crippen LogP contribution is 2.20. The normalized spacial score (nSPS) is 17.0. The Balaban J connectivity index is 1.81. The van der Waals surface area contributed by atoms with Crippen molar-refractivity contribution in [2.24, 2.45) is 7.05 Å². The maximum Gasteiger partial charge on any atom is 0.221 e. The number of carbonyl (C=O) groups is 1. The quantitative estimate of drug-likeness (QED) is 0.928. The fourth-order valence-electron chi connectivity index (χ4n) is 2.88. The van der Waals surface area contributed by atoms with Crippen molar-refractivity contribution in [1.29, 1.82) is 0 Å². The van der Waals surface area contributed by atoms with Crippen LogP contribution in [0, 0.1) is 0 Å². The van der Waals surface area contributed by atoms with Gasteiger partial charge in [0.05, 0.1) is 17.6 Å². The molecule has 22 heavy (non-hydrogen) atoms. The summed E-state index contributed by atoms with van der Waals surface area (Å²) in [6.45, 7) is 6.76. The molecule has 1 fully saturated rings. The topological polar surface area (TPSA) is 53.4 Å². The first-order valence-electron chi connectivity index (χ1n) is 7.67. The molecule has 0 atom stereocenters. The zero-order valence-electron chi connectivity index (χ0n) is 13.5. The van der Waals surface area contributed by atoms with Crippen LogP contribution >= 0.6 is 0 Å². The van der Waals surface area contributed by atoms with Crippen molar-refractivity contribution in [2.45, 2.75) is 13.5 Å². The Morgan fingerprint density at radius 1 is 1.23 bits per heavy atom. The van der Waals surface area contributed by atoms with Crippen molar-refractivity contribution >= 4 is 22.6 Å². The number of nitrogens with zero attached hydrogens (tertiary/aromatic N) is 4. The van der Waals surface area contributed by atoms with Crippen LogP contribution in [0.15, 0.2) is 18.2 Å². The van der Waals surface area contributed by atoms with E-state index in [9.17, 15) is 4.79 Å². The van der Waals surface area contributed by atoms with Crippen molar-refractivity contribution in [2.75, 3.05) is 38.5 Å². The number of hydrogen-bond donors (Lipinski definition) is 1. The van der Waals surface area contributed by atoms with Crippen molar-refractivity contribution in [3.8, 4) is 0 Å². The molecule has 1 aliphatic heterocycles. The van der Waals surface area contributed by atoms with Gasteiger partial charge in [0.15, 0.2) is 0 Å². The molecule has 0 aliphatic carbocycles. The zero-order valence-corrected chi connectivity index (χ0v) is 13.5. The predicted molar refractivity (Wildman–Crippen MR) is 87.8 cm³/mol. The van der Waals surface area contributed by atoms with E-state index in [1.165, 1.54) is 6.92 Å². The number of carbonyl (C=O) groups excluding carboxylic acids is 1. The van der Waals surface area contributed by atoms with E-state index in [0.29, 0.717) is 0 Å². The van der Waals surface area contributed by atoms with Gasteiger partial charge in [-0.2, -0.15) is 0 Å². The van der Waals surface area contributed by atoms with Crippen LogP contribution in [-0.4, -0.2) is 58.5 Å². The first-order chi connectivity index (χ1) is 10.5. The van der Waals surface area contributed by atoms with Crippen molar-refractivity contribution in [1.82, 2.24) is 19.4 Å². The highest BCUT2D eigenvalue weighted by atomic mass is 16.1. The van der Waals surface area contributed by atoms with Crippen molar-refractivity contribution in [3.05, 3.63) is 24.0 Å². The van der Waals surface area contributed by atoms with E-state index in [-0.39, 0.29) is 5.91 Å². The van der Waals surface area contributed by atoms with Crippen molar-refractivity contribution < 1.29 is 4.79 Å². The Morgan fingerprint density at radius 3 is 2.64 bits per heavy atom. The van der Waals surface area contributed by atoms with Crippen LogP contribution in [0.3, 0.4) is 0 Å². The molecule has 0 radical (unpaired) electrons. The Bertz CT molecular complexity index is 685. The van der Waals surface area contributed by atoms with Crippen LogP contribution in [0.1, 0.15) is 12.7 Å². The van der Waals surface area contributed by atoms with E-state index in [1.54, 1.807) is 0 Å². The Morgan fingerprint density at radius 2 is 1.95 bits per heavy atom. The van der Waals surface area contributed by atoms with Crippen molar-refractivity contribution in [3.63, 3.8) is 0 Å². The van der Waals surface area contributed by atoms with Gasteiger partial charge in [-0.15, -0.1) is 0 Å². The summed E-state index contributed by atoms with van der Waals surface area (Å²) in [6, 6.07) is 5.87. The van der Waals surface area contributed by atoms with Gasteiger partial charge in [0.1, 0.15) is 5.82 Å². The number of nitrogens with one attached hydrogen (secondary N) is 1. The molecule has 1 amide bonds. The third kappa shape index (κ3) is 3.13. The lowest BCUT2D eigenvalue weighted by Crippen LogP contribution is -2.44. The monoisotopic (exact) mass is 301 g/mol. The van der Waals surface area contributed by atoms with Gasteiger partial charge in [-0.3, -0.25) is 9.69 Å². The number of anilines is 1. The highest BCUT2D eigenvalue weighted by Gasteiger charge is 2.17. The second-order valence-electron chi connectivity index (χ2n) is 6.05. The van der Waals surface area contributed by atoms with E-state index in [1.807, 2.05) is 18.2 Å². The SMILES string of the molecule is CC(=O)Nc1ccc2c(c1)nc(CN1CCN(C)CC1)n2C. The number of amides is 1. The first-order valence-corrected chi connectivity index (χ1v) is 7.67. The lowest BCUT2D eigenvalue weighted by molar-refractivity contribution is -0.114. The first kappa shape index (κ1) is 15.0. The molecule has 1 aromatic heterocycles. The fourth-order valence-corrected chi connectivity index (χ4v) is 2.88. The smallest absolute Gasteiger partial charge is 0.221 e. The molecule has 2 aromatic rings. The van der Waals surface area contributed by atoms with E-state index in [2.05, 4.69) is 33.8 Å². The average molecular weight is 301 g/mol. The predicted octanol–water partition coefficient (Wildman–Crippen LogP) is 1.28. The van der Waals surface area contributed by atoms with Crippen LogP contribution in [0.4, 0.5) is 5.69 Å². The minimum Gasteiger partial charge on any atom is -0.330 e. The fraction of sp³-hybridized carbons (Fsp3) is 0.500. The molecule has 0 bridgehead atoms. The summed E-state index contributed by atoms with van der Waals surface area (Å²) >= 11 is 0. The van der Waals surface area contributed by atoms with Gasteiger partial charge in [-0.1, -0.05) is 0 Å². The van der Waals surface area contributed by atoms with E-state index in [4.69, 9.17) is 4.98 Å². The van der Waals surface area contributed by atoms with Crippen LogP contribution in [0.25, 0.3) is 11.0 Å². The second kappa shape index (κ2) is 6.06. The molecule has 1 aromatic carbocycles. The molecule has 1 saturated heterocycles. The third-order valence-corrected chi connectivity index (χ3v) is 4.25. The Hall–Kier alpha value is -1.92. The third-order valence-electron chi connectivity index (χ3n) is 4.25. The number of benzene rings is 1. The van der Waals surface area contributed by atoms with Crippen LogP contribution < -0.4 is 5.32 Å². The lowest BCUT2D eigenvalue weighted by Gasteiger charge is -2.31. The molecule has 6 nitrogen and oxygen atoms in total. The summed E-state index contributed by atoms with van der Waals surface area (Å²) in [5, 5.41) is 2.81. The number of rotatable bonds is 3. The van der Waals surface area contributed by atoms with E-state index < -0.39 is 0 Å². The number of imidazole rings is 1. The van der Waals surface area contributed by atoms with E-state index in [0.717, 1.165) is 55.3 Å². The van der Waals surface area contributed by atoms with Crippen LogP contribution in [-0.2, 0) is 18.4 Å². The molecule has 1 aliphatic rings. The van der Waals surface area contributed by atoms with Gasteiger partial charge < -0.3 is 14.8 Å². The zero-order chi connectivity index (χ0) is 15.7. The second-order valence-corrected chi connectivity index (χ2v) is 6.05. The minimum absolute atomic E-state index is 0.0621. The Kier molecular flexibility index (Phi) is 4.13. The number of aromatic nitrogens is 2. The van der Waals surface area contributed by atoms with Gasteiger partial charge in [0.25, 0.3) is 0 Å². The average Bonchev–Trinajstić information content (AvgIpc) is 2.77. The molecular formula is C16H23N5O. The molecule has 118 valence electrons. The number of hydrogen-bond acceptors (Lipinski definition) is 4. The largest absolute Gasteiger partial charge is 0.330 e. The summed E-state index contributed by atoms with van der Waals surface area (Å²) < 4.78 is 2.14. The van der Waals surface area contributed by atoms with E-state index >= 15 is 0 Å². The number of piperazine rings is 1. The van der Waals surface area contributed by atoms with Crippen LogP contribution in [0.5, 0.6) is 0 Å². The minimum atomic E-state index is -0.0621. The highest BCUT2D eigenvalue weighted by molar-refractivity contribution is 5.91. The Labute approximate surface area is 130 Å². The summed E-state index contributed by atoms with van der Waals surface area (Å²) in [4.78, 5) is 20.7. The number of aryl methyl sites for hydroxylation is 1. The van der Waals surface area contributed by atoms with Crippen LogP contribution in [0.2, 0.25) is 0 Å². The molecule has 6 heteroatoms. The maximum atomic E-state index is 11.2. The molecular weight excluding hydrogens is 278 g/mol. The molecule has 0 saturated carbocycles. The van der Waals surface area contributed by atoms with Gasteiger partial charge in [0.2, 0.25) is 5.91 Å². The standard InChI is InChI=1S/C16H23N5O/c1-12(22)17-13-4-5-15-14(10-13)18-16(20(15)3)11-21-8-6-19(2)7-9-21/h4-5,10H,6-9,11H2,1-3H3,(H,17,22). The number of fused-ring (bicyclic) bond motifs is 1. The van der Waals surface area contributed by atoms with Gasteiger partial charge in [-0.05, 0) is 25.2 Å². The summed E-state index contributed by atoms with van der Waals surface area (Å²) in [5.41, 5.74) is 2.82. The molecule has 1 N–H and O–H groups in total. The summed E-state index contributed by atoms with van der Waals surface area (Å²) in [6.07, 6.45) is 0. The van der Waals surface area contributed by atoms with Gasteiger partial charge >= 0.3 is 0 Å². The molecule has 0 unspecified atom stereocenters. The van der Waals surface area contributed by atoms with Gasteiger partial charge in [-0.25, -0.2) is 4.98 Å². The summed E-state index contributed by atoms with van der Waals surface area (Å²) in [7, 11) is 4.22. The molecule has 0 spiro atoms. The maximum absolute atomic E-state index is 11.2. The molecule has 3 rings (SSSR count). The lowest BCUT2D eigenvalue weighted by atomic mass is 10.2. The van der Waals surface area contributed by atoms with Gasteiger partial charge in [0, 0.05) is 45.8 Å².